The highest BCUT2D eigenvalue weighted by Crippen LogP contribution is 2.37. The Kier molecular flexibility index (Phi) is 3.14. The third-order valence-electron chi connectivity index (χ3n) is 2.19. The molecule has 0 amide bonds. The SMILES string of the molecule is CN(C)C(=S)Oc1cc2c(cc1C=O)OCO2. The van der Waals surface area contributed by atoms with Gasteiger partial charge < -0.3 is 19.1 Å². The molecule has 0 aromatic heterocycles. The number of rotatable bonds is 2. The number of carbonyl (C=O) groups excluding carboxylic acids is 1. The number of ether oxygens (including phenoxy) is 3. The fourth-order valence-corrected chi connectivity index (χ4v) is 1.39. The molecule has 1 heterocycles. The molecule has 17 heavy (non-hydrogen) atoms. The summed E-state index contributed by atoms with van der Waals surface area (Å²) in [6, 6.07) is 3.17. The third-order valence-corrected chi connectivity index (χ3v) is 2.64. The Morgan fingerprint density at radius 1 is 1.41 bits per heavy atom. The average molecular weight is 253 g/mol. The molecule has 5 nitrogen and oxygen atoms in total. The standard InChI is InChI=1S/C11H11NO4S/c1-12(2)11(17)16-8-4-10-9(14-6-15-10)3-7(8)5-13/h3-5H,6H2,1-2H3. The van der Waals surface area contributed by atoms with Crippen LogP contribution < -0.4 is 14.2 Å². The lowest BCUT2D eigenvalue weighted by Gasteiger charge is -2.15. The van der Waals surface area contributed by atoms with Crippen LogP contribution in [0.4, 0.5) is 0 Å². The summed E-state index contributed by atoms with van der Waals surface area (Å²) in [5, 5.41) is 0.270. The van der Waals surface area contributed by atoms with Gasteiger partial charge in [0.2, 0.25) is 6.79 Å². The lowest BCUT2D eigenvalue weighted by Crippen LogP contribution is -2.25. The van der Waals surface area contributed by atoms with Gasteiger partial charge in [-0.2, -0.15) is 0 Å². The van der Waals surface area contributed by atoms with E-state index in [2.05, 4.69) is 0 Å². The molecule has 2 rings (SSSR count). The van der Waals surface area contributed by atoms with Gasteiger partial charge in [-0.15, -0.1) is 0 Å². The first-order valence-electron chi connectivity index (χ1n) is 4.90. The second-order valence-corrected chi connectivity index (χ2v) is 3.97. The summed E-state index contributed by atoms with van der Waals surface area (Å²) in [5.74, 6) is 1.45. The lowest BCUT2D eigenvalue weighted by atomic mass is 10.2. The molecular formula is C11H11NO4S. The number of thiocarbonyl (C=S) groups is 1. The Morgan fingerprint density at radius 2 is 2.06 bits per heavy atom. The maximum Gasteiger partial charge on any atom is 0.264 e. The summed E-state index contributed by atoms with van der Waals surface area (Å²) in [7, 11) is 3.52. The van der Waals surface area contributed by atoms with Crippen molar-refractivity contribution in [3.8, 4) is 17.2 Å². The summed E-state index contributed by atoms with van der Waals surface area (Å²) < 4.78 is 15.8. The smallest absolute Gasteiger partial charge is 0.264 e. The van der Waals surface area contributed by atoms with Crippen molar-refractivity contribution < 1.29 is 19.0 Å². The molecule has 0 spiro atoms. The van der Waals surface area contributed by atoms with Crippen molar-refractivity contribution in [2.75, 3.05) is 20.9 Å². The molecule has 0 aliphatic carbocycles. The van der Waals surface area contributed by atoms with E-state index in [4.69, 9.17) is 26.4 Å². The molecule has 0 saturated carbocycles. The van der Waals surface area contributed by atoms with Crippen LogP contribution in [0, 0.1) is 0 Å². The average Bonchev–Trinajstić information content (AvgIpc) is 2.74. The van der Waals surface area contributed by atoms with Gasteiger partial charge in [0.15, 0.2) is 17.8 Å². The van der Waals surface area contributed by atoms with Gasteiger partial charge in [0.25, 0.3) is 5.17 Å². The Labute approximate surface area is 104 Å². The molecule has 0 atom stereocenters. The minimum atomic E-state index is 0.148. The molecule has 0 radical (unpaired) electrons. The van der Waals surface area contributed by atoms with Crippen molar-refractivity contribution >= 4 is 23.7 Å². The van der Waals surface area contributed by atoms with Crippen LogP contribution in [-0.2, 0) is 0 Å². The van der Waals surface area contributed by atoms with Crippen molar-refractivity contribution in [2.45, 2.75) is 0 Å². The van der Waals surface area contributed by atoms with Gasteiger partial charge in [0.05, 0.1) is 5.56 Å². The van der Waals surface area contributed by atoms with Crippen molar-refractivity contribution in [2.24, 2.45) is 0 Å². The van der Waals surface area contributed by atoms with Crippen LogP contribution in [0.1, 0.15) is 10.4 Å². The van der Waals surface area contributed by atoms with E-state index in [-0.39, 0.29) is 12.0 Å². The molecule has 0 unspecified atom stereocenters. The Bertz CT molecular complexity index is 473. The van der Waals surface area contributed by atoms with Gasteiger partial charge in [-0.25, -0.2) is 0 Å². The fourth-order valence-electron chi connectivity index (χ4n) is 1.30. The Morgan fingerprint density at radius 3 is 2.65 bits per heavy atom. The molecule has 0 bridgehead atoms. The second kappa shape index (κ2) is 4.58. The number of fused-ring (bicyclic) bond motifs is 1. The number of benzene rings is 1. The van der Waals surface area contributed by atoms with Crippen LogP contribution in [0.3, 0.4) is 0 Å². The Balaban J connectivity index is 2.33. The summed E-state index contributed by atoms with van der Waals surface area (Å²) >= 11 is 5.01. The predicted molar refractivity (Wildman–Crippen MR) is 64.9 cm³/mol. The predicted octanol–water partition coefficient (Wildman–Crippen LogP) is 1.45. The van der Waals surface area contributed by atoms with Gasteiger partial charge in [-0.3, -0.25) is 4.79 Å². The molecule has 0 saturated heterocycles. The van der Waals surface area contributed by atoms with Crippen molar-refractivity contribution in [1.29, 1.82) is 0 Å². The monoisotopic (exact) mass is 253 g/mol. The van der Waals surface area contributed by atoms with Crippen LogP contribution in [0.25, 0.3) is 0 Å². The molecule has 1 aromatic rings. The van der Waals surface area contributed by atoms with Crippen molar-refractivity contribution in [3.63, 3.8) is 0 Å². The summed E-state index contributed by atoms with van der Waals surface area (Å²) in [4.78, 5) is 12.6. The zero-order valence-electron chi connectivity index (χ0n) is 9.43. The first-order valence-corrected chi connectivity index (χ1v) is 5.30. The molecule has 0 fully saturated rings. The van der Waals surface area contributed by atoms with E-state index in [1.807, 2.05) is 0 Å². The summed E-state index contributed by atoms with van der Waals surface area (Å²) in [6.07, 6.45) is 0.690. The number of aldehydes is 1. The van der Waals surface area contributed by atoms with E-state index < -0.39 is 0 Å². The van der Waals surface area contributed by atoms with E-state index in [1.54, 1.807) is 31.1 Å². The van der Waals surface area contributed by atoms with Crippen LogP contribution in [0.2, 0.25) is 0 Å². The minimum absolute atomic E-state index is 0.148. The molecular weight excluding hydrogens is 242 g/mol. The first kappa shape index (κ1) is 11.7. The van der Waals surface area contributed by atoms with Crippen LogP contribution in [0.5, 0.6) is 17.2 Å². The molecule has 6 heteroatoms. The quantitative estimate of drug-likeness (QED) is 0.587. The number of hydrogen-bond acceptors (Lipinski definition) is 5. The number of hydrogen-bond donors (Lipinski definition) is 0. The van der Waals surface area contributed by atoms with Gasteiger partial charge in [-0.05, 0) is 18.3 Å². The van der Waals surface area contributed by atoms with E-state index in [1.165, 1.54) is 0 Å². The second-order valence-electron chi connectivity index (χ2n) is 3.62. The van der Waals surface area contributed by atoms with Crippen molar-refractivity contribution in [3.05, 3.63) is 17.7 Å². The molecule has 1 aromatic carbocycles. The first-order chi connectivity index (χ1) is 8.11. The number of nitrogens with zero attached hydrogens (tertiary/aromatic N) is 1. The maximum atomic E-state index is 10.9. The fraction of sp³-hybridized carbons (Fsp3) is 0.273. The van der Waals surface area contributed by atoms with E-state index in [9.17, 15) is 4.79 Å². The highest BCUT2D eigenvalue weighted by molar-refractivity contribution is 7.80. The van der Waals surface area contributed by atoms with Gasteiger partial charge in [0.1, 0.15) is 5.75 Å². The topological polar surface area (TPSA) is 48.0 Å². The van der Waals surface area contributed by atoms with E-state index in [0.717, 1.165) is 0 Å². The van der Waals surface area contributed by atoms with Crippen molar-refractivity contribution in [1.82, 2.24) is 4.90 Å². The van der Waals surface area contributed by atoms with Crippen LogP contribution in [0.15, 0.2) is 12.1 Å². The number of carbonyl (C=O) groups is 1. The largest absolute Gasteiger partial charge is 0.454 e. The molecule has 0 N–H and O–H groups in total. The van der Waals surface area contributed by atoms with Gasteiger partial charge >= 0.3 is 0 Å². The zero-order valence-corrected chi connectivity index (χ0v) is 10.2. The Hall–Kier alpha value is -1.82. The minimum Gasteiger partial charge on any atom is -0.454 e. The normalized spacial score (nSPS) is 12.1. The highest BCUT2D eigenvalue weighted by atomic mass is 32.1. The lowest BCUT2D eigenvalue weighted by molar-refractivity contribution is 0.112. The third kappa shape index (κ3) is 2.31. The van der Waals surface area contributed by atoms with E-state index in [0.29, 0.717) is 29.1 Å². The summed E-state index contributed by atoms with van der Waals surface area (Å²) in [6.45, 7) is 0.148. The zero-order chi connectivity index (χ0) is 12.4. The van der Waals surface area contributed by atoms with Crippen LogP contribution in [-0.4, -0.2) is 37.2 Å². The van der Waals surface area contributed by atoms with Crippen LogP contribution >= 0.6 is 12.2 Å². The van der Waals surface area contributed by atoms with Gasteiger partial charge in [-0.1, -0.05) is 0 Å². The molecule has 1 aliphatic rings. The molecule has 1 aliphatic heterocycles. The van der Waals surface area contributed by atoms with Gasteiger partial charge in [0, 0.05) is 20.2 Å². The van der Waals surface area contributed by atoms with E-state index >= 15 is 0 Å². The highest BCUT2D eigenvalue weighted by Gasteiger charge is 2.19. The summed E-state index contributed by atoms with van der Waals surface area (Å²) in [5.41, 5.74) is 0.374. The maximum absolute atomic E-state index is 10.9. The molecule has 90 valence electrons.